The Morgan fingerprint density at radius 3 is 2.12 bits per heavy atom. The van der Waals surface area contributed by atoms with E-state index in [1.54, 1.807) is 5.49 Å². The van der Waals surface area contributed by atoms with Gasteiger partial charge in [-0.2, -0.15) is 0 Å². The summed E-state index contributed by atoms with van der Waals surface area (Å²) in [7, 11) is 0. The summed E-state index contributed by atoms with van der Waals surface area (Å²) in [5.74, 6) is 0. The van der Waals surface area contributed by atoms with Gasteiger partial charge in [-0.25, -0.2) is 0 Å². The highest BCUT2D eigenvalue weighted by atomic mass is 32.1. The first kappa shape index (κ1) is 6.02. The molecule has 0 aromatic rings. The van der Waals surface area contributed by atoms with E-state index in [-0.39, 0.29) is 0 Å². The van der Waals surface area contributed by atoms with Gasteiger partial charge in [0.05, 0.1) is 5.49 Å². The van der Waals surface area contributed by atoms with E-state index in [1.807, 2.05) is 0 Å². The van der Waals surface area contributed by atoms with Gasteiger partial charge in [0.15, 0.2) is 0 Å². The van der Waals surface area contributed by atoms with Gasteiger partial charge in [-0.05, 0) is 19.3 Å². The fourth-order valence-electron chi connectivity index (χ4n) is 1.02. The van der Waals surface area contributed by atoms with Crippen LogP contribution in [0.3, 0.4) is 0 Å². The van der Waals surface area contributed by atoms with E-state index < -0.39 is 0 Å². The Morgan fingerprint density at radius 2 is 1.75 bits per heavy atom. The molecule has 1 nitrogen and oxygen atoms in total. The van der Waals surface area contributed by atoms with Crippen molar-refractivity contribution in [3.05, 3.63) is 0 Å². The zero-order valence-corrected chi connectivity index (χ0v) is 5.78. The highest BCUT2D eigenvalue weighted by molar-refractivity contribution is 7.78. The van der Waals surface area contributed by atoms with Crippen LogP contribution in [0.15, 0.2) is 0 Å². The number of thiocarbonyl (C=S) groups is 1. The van der Waals surface area contributed by atoms with Gasteiger partial charge in [-0.15, -0.1) is 0 Å². The van der Waals surface area contributed by atoms with Crippen LogP contribution in [0, 0.1) is 0 Å². The predicted octanol–water partition coefficient (Wildman–Crippen LogP) is 1.43. The van der Waals surface area contributed by atoms with Gasteiger partial charge in [0, 0.05) is 13.1 Å². The summed E-state index contributed by atoms with van der Waals surface area (Å²) in [6.45, 7) is 2.37. The lowest BCUT2D eigenvalue weighted by molar-refractivity contribution is 0.355. The van der Waals surface area contributed by atoms with E-state index in [0.717, 1.165) is 0 Å². The van der Waals surface area contributed by atoms with Gasteiger partial charge in [0.1, 0.15) is 0 Å². The second kappa shape index (κ2) is 3.02. The van der Waals surface area contributed by atoms with Crippen LogP contribution in [-0.4, -0.2) is 23.5 Å². The van der Waals surface area contributed by atoms with Gasteiger partial charge in [-0.3, -0.25) is 0 Å². The van der Waals surface area contributed by atoms with Gasteiger partial charge in [-0.1, -0.05) is 12.2 Å². The Hall–Kier alpha value is -0.110. The van der Waals surface area contributed by atoms with Crippen molar-refractivity contribution in [3.63, 3.8) is 0 Å². The zero-order chi connectivity index (χ0) is 5.82. The molecule has 1 saturated heterocycles. The predicted molar refractivity (Wildman–Crippen MR) is 39.1 cm³/mol. The smallest absolute Gasteiger partial charge is 0.0640 e. The zero-order valence-electron chi connectivity index (χ0n) is 4.97. The Bertz CT molecular complexity index is 76.6. The first-order valence-electron chi connectivity index (χ1n) is 3.13. The van der Waals surface area contributed by atoms with E-state index in [0.29, 0.717) is 0 Å². The number of piperidine rings is 1. The summed E-state index contributed by atoms with van der Waals surface area (Å²) in [4.78, 5) is 2.21. The van der Waals surface area contributed by atoms with Gasteiger partial charge >= 0.3 is 0 Å². The quantitative estimate of drug-likeness (QED) is 0.493. The standard InChI is InChI=1S/C6H11NS/c8-6-7-4-2-1-3-5-7/h6H,1-5H2. The Labute approximate surface area is 55.7 Å². The fourth-order valence-corrected chi connectivity index (χ4v) is 1.23. The van der Waals surface area contributed by atoms with Crippen LogP contribution in [0.1, 0.15) is 19.3 Å². The molecule has 0 radical (unpaired) electrons. The Balaban J connectivity index is 2.22. The van der Waals surface area contributed by atoms with Crippen LogP contribution in [0.4, 0.5) is 0 Å². The number of nitrogens with zero attached hydrogens (tertiary/aromatic N) is 1. The van der Waals surface area contributed by atoms with Crippen molar-refractivity contribution in [2.45, 2.75) is 19.3 Å². The first-order valence-corrected chi connectivity index (χ1v) is 3.60. The minimum Gasteiger partial charge on any atom is -0.369 e. The summed E-state index contributed by atoms with van der Waals surface area (Å²) in [6.07, 6.45) is 4.04. The van der Waals surface area contributed by atoms with Gasteiger partial charge in [0.2, 0.25) is 0 Å². The molecule has 46 valence electrons. The molecule has 0 bridgehead atoms. The molecule has 2 heteroatoms. The monoisotopic (exact) mass is 129 g/mol. The lowest BCUT2D eigenvalue weighted by Gasteiger charge is -2.23. The molecule has 0 atom stereocenters. The molecule has 1 aliphatic heterocycles. The number of likely N-dealkylation sites (tertiary alicyclic amines) is 1. The largest absolute Gasteiger partial charge is 0.369 e. The van der Waals surface area contributed by atoms with Crippen LogP contribution < -0.4 is 0 Å². The lowest BCUT2D eigenvalue weighted by Crippen LogP contribution is -2.27. The van der Waals surface area contributed by atoms with E-state index in [9.17, 15) is 0 Å². The minimum absolute atomic E-state index is 1.18. The van der Waals surface area contributed by atoms with Gasteiger partial charge in [0.25, 0.3) is 0 Å². The molecule has 0 aliphatic carbocycles. The van der Waals surface area contributed by atoms with Crippen molar-refractivity contribution in [2.24, 2.45) is 0 Å². The highest BCUT2D eigenvalue weighted by Gasteiger charge is 2.03. The molecule has 1 heterocycles. The van der Waals surface area contributed by atoms with Crippen molar-refractivity contribution in [2.75, 3.05) is 13.1 Å². The second-order valence-corrected chi connectivity index (χ2v) is 2.41. The molecule has 8 heavy (non-hydrogen) atoms. The van der Waals surface area contributed by atoms with Crippen LogP contribution in [0.2, 0.25) is 0 Å². The third-order valence-electron chi connectivity index (χ3n) is 1.54. The molecule has 0 amide bonds. The van der Waals surface area contributed by atoms with Crippen molar-refractivity contribution >= 4 is 17.7 Å². The first-order chi connectivity index (χ1) is 3.93. The second-order valence-electron chi connectivity index (χ2n) is 2.20. The summed E-state index contributed by atoms with van der Waals surface area (Å²) in [5, 5.41) is 0. The van der Waals surface area contributed by atoms with Crippen molar-refractivity contribution in [1.82, 2.24) is 4.90 Å². The topological polar surface area (TPSA) is 3.24 Å². The minimum atomic E-state index is 1.18. The SMILES string of the molecule is S=CN1CCCCC1. The van der Waals surface area contributed by atoms with Crippen LogP contribution in [0.5, 0.6) is 0 Å². The number of hydrogen-bond donors (Lipinski definition) is 0. The molecule has 1 rings (SSSR count). The number of rotatable bonds is 1. The maximum Gasteiger partial charge on any atom is 0.0640 e. The molecule has 0 spiro atoms. The van der Waals surface area contributed by atoms with Crippen LogP contribution in [0.25, 0.3) is 0 Å². The average Bonchev–Trinajstić information content (AvgIpc) is 1.90. The molecular formula is C6H11NS. The molecule has 0 aromatic carbocycles. The molecule has 0 saturated carbocycles. The molecule has 1 fully saturated rings. The summed E-state index contributed by atoms with van der Waals surface area (Å²) >= 11 is 4.77. The maximum atomic E-state index is 4.77. The van der Waals surface area contributed by atoms with E-state index in [1.165, 1.54) is 32.4 Å². The molecule has 0 unspecified atom stereocenters. The van der Waals surface area contributed by atoms with Crippen LogP contribution >= 0.6 is 12.2 Å². The number of hydrogen-bond acceptors (Lipinski definition) is 1. The van der Waals surface area contributed by atoms with Crippen molar-refractivity contribution in [3.8, 4) is 0 Å². The van der Waals surface area contributed by atoms with E-state index in [2.05, 4.69) is 4.90 Å². The average molecular weight is 129 g/mol. The third-order valence-corrected chi connectivity index (χ3v) is 1.84. The van der Waals surface area contributed by atoms with Crippen molar-refractivity contribution < 1.29 is 0 Å². The third kappa shape index (κ3) is 1.44. The van der Waals surface area contributed by atoms with E-state index >= 15 is 0 Å². The van der Waals surface area contributed by atoms with Crippen molar-refractivity contribution in [1.29, 1.82) is 0 Å². The Kier molecular flexibility index (Phi) is 2.27. The van der Waals surface area contributed by atoms with Crippen LogP contribution in [-0.2, 0) is 0 Å². The normalized spacial score (nSPS) is 20.8. The Morgan fingerprint density at radius 1 is 1.12 bits per heavy atom. The highest BCUT2D eigenvalue weighted by Crippen LogP contribution is 2.05. The van der Waals surface area contributed by atoms with Gasteiger partial charge < -0.3 is 4.90 Å². The summed E-state index contributed by atoms with van der Waals surface area (Å²) in [6, 6.07) is 0. The summed E-state index contributed by atoms with van der Waals surface area (Å²) in [5.41, 5.74) is 1.78. The molecule has 0 N–H and O–H groups in total. The van der Waals surface area contributed by atoms with E-state index in [4.69, 9.17) is 12.2 Å². The summed E-state index contributed by atoms with van der Waals surface area (Å²) < 4.78 is 0. The maximum absolute atomic E-state index is 4.77. The molecular weight excluding hydrogens is 118 g/mol. The fraction of sp³-hybridized carbons (Fsp3) is 0.833. The molecule has 0 aromatic heterocycles. The lowest BCUT2D eigenvalue weighted by atomic mass is 10.1. The molecule has 1 aliphatic rings.